The van der Waals surface area contributed by atoms with Crippen LogP contribution in [0.2, 0.25) is 5.02 Å². The number of hydrogen-bond acceptors (Lipinski definition) is 7. The first-order valence-electron chi connectivity index (χ1n) is 16.3. The number of carbonyl (C=O) groups is 4. The summed E-state index contributed by atoms with van der Waals surface area (Å²) in [4.78, 5) is 53.9. The van der Waals surface area contributed by atoms with Gasteiger partial charge in [0, 0.05) is 19.4 Å². The summed E-state index contributed by atoms with van der Waals surface area (Å²) in [7, 11) is 1.51. The zero-order valence-electron chi connectivity index (χ0n) is 28.1. The molecule has 254 valence electrons. The number of ether oxygens (including phenoxy) is 3. The highest BCUT2D eigenvalue weighted by molar-refractivity contribution is 6.32. The molecule has 47 heavy (non-hydrogen) atoms. The summed E-state index contributed by atoms with van der Waals surface area (Å²) in [6, 6.07) is 14.2. The molecule has 0 aromatic heterocycles. The van der Waals surface area contributed by atoms with Gasteiger partial charge in [-0.15, -0.1) is 0 Å². The van der Waals surface area contributed by atoms with Crippen molar-refractivity contribution in [1.29, 1.82) is 0 Å². The highest BCUT2D eigenvalue weighted by Gasteiger charge is 2.47. The highest BCUT2D eigenvalue weighted by Crippen LogP contribution is 2.46. The van der Waals surface area contributed by atoms with Gasteiger partial charge in [-0.05, 0) is 73.8 Å². The van der Waals surface area contributed by atoms with Crippen molar-refractivity contribution >= 4 is 35.2 Å². The largest absolute Gasteiger partial charge is 0.495 e. The molecule has 0 spiro atoms. The second-order valence-corrected chi connectivity index (χ2v) is 14.1. The van der Waals surface area contributed by atoms with Gasteiger partial charge in [0.1, 0.15) is 17.9 Å². The van der Waals surface area contributed by atoms with Gasteiger partial charge in [-0.1, -0.05) is 74.8 Å². The number of esters is 1. The molecule has 2 aliphatic heterocycles. The quantitative estimate of drug-likeness (QED) is 0.270. The number of rotatable bonds is 8. The molecule has 0 unspecified atom stereocenters. The first-order valence-corrected chi connectivity index (χ1v) is 16.7. The number of halogens is 1. The Hall–Kier alpha value is -3.69. The SMILES string of the molecule is COc1ccc(C[C@@H]2NC(=O)/C=C/C[C@@H]([C@H](C)[C@H]3O[C@@H]3c3ccccc3)CC(=O)[C@H](CC(C)C)OC(=O)C(C)(C)CNC2=O)cc1Cl. The minimum atomic E-state index is -1.14. The topological polar surface area (TPSA) is 123 Å². The van der Waals surface area contributed by atoms with Crippen molar-refractivity contribution in [1.82, 2.24) is 10.6 Å². The zero-order chi connectivity index (χ0) is 34.3. The highest BCUT2D eigenvalue weighted by atomic mass is 35.5. The number of methoxy groups -OCH3 is 1. The molecule has 9 nitrogen and oxygen atoms in total. The van der Waals surface area contributed by atoms with Gasteiger partial charge < -0.3 is 24.8 Å². The lowest BCUT2D eigenvalue weighted by atomic mass is 9.81. The van der Waals surface area contributed by atoms with Gasteiger partial charge in [-0.3, -0.25) is 19.2 Å². The lowest BCUT2D eigenvalue weighted by Crippen LogP contribution is -2.51. The van der Waals surface area contributed by atoms with Crippen molar-refractivity contribution < 1.29 is 33.4 Å². The van der Waals surface area contributed by atoms with E-state index in [2.05, 4.69) is 17.6 Å². The van der Waals surface area contributed by atoms with Gasteiger partial charge in [0.15, 0.2) is 11.9 Å². The third-order valence-electron chi connectivity index (χ3n) is 8.93. The van der Waals surface area contributed by atoms with Crippen LogP contribution < -0.4 is 15.4 Å². The normalized spacial score (nSPS) is 26.9. The number of nitrogens with one attached hydrogen (secondary N) is 2. The summed E-state index contributed by atoms with van der Waals surface area (Å²) in [6.07, 6.45) is 3.19. The maximum absolute atomic E-state index is 13.8. The molecule has 10 heteroatoms. The molecule has 0 saturated carbocycles. The number of carbonyl (C=O) groups excluding carboxylic acids is 4. The van der Waals surface area contributed by atoms with E-state index in [-0.39, 0.29) is 55.1 Å². The minimum absolute atomic E-state index is 0.0269. The molecule has 0 bridgehead atoms. The van der Waals surface area contributed by atoms with E-state index in [1.807, 2.05) is 44.2 Å². The van der Waals surface area contributed by atoms with Crippen molar-refractivity contribution in [3.63, 3.8) is 0 Å². The van der Waals surface area contributed by atoms with Crippen LogP contribution in [-0.4, -0.2) is 55.5 Å². The second-order valence-electron chi connectivity index (χ2n) is 13.7. The number of amides is 2. The fourth-order valence-corrected chi connectivity index (χ4v) is 6.17. The number of hydrogen-bond donors (Lipinski definition) is 2. The smallest absolute Gasteiger partial charge is 0.314 e. The summed E-state index contributed by atoms with van der Waals surface area (Å²) in [5, 5.41) is 6.00. The van der Waals surface area contributed by atoms with E-state index in [0.717, 1.165) is 11.1 Å². The van der Waals surface area contributed by atoms with Crippen molar-refractivity contribution in [2.75, 3.05) is 13.7 Å². The molecule has 4 rings (SSSR count). The standard InChI is InChI=1S/C37H47ClN2O7/c1-22(2)17-31-29(41)20-26(23(3)33-34(47-33)25-11-8-7-9-12-25)13-10-14-32(42)40-28(19-24-15-16-30(45-6)27(38)18-24)35(43)39-21-37(4,5)36(44)46-31/h7-12,14-16,18,22-23,26,28,31,33-34H,13,17,19-21H2,1-6H3,(H,39,43)(H,40,42)/b14-10+/t23-,26+,28-,31-,33+,34+/m0/s1. The van der Waals surface area contributed by atoms with Gasteiger partial charge in [0.05, 0.1) is 23.7 Å². The molecule has 2 aromatic rings. The van der Waals surface area contributed by atoms with E-state index in [0.29, 0.717) is 23.6 Å². The first-order chi connectivity index (χ1) is 22.3. The Kier molecular flexibility index (Phi) is 12.3. The Labute approximate surface area is 282 Å². The number of cyclic esters (lactones) is 1. The molecular formula is C37H47ClN2O7. The molecule has 2 aromatic carbocycles. The fourth-order valence-electron chi connectivity index (χ4n) is 5.89. The maximum atomic E-state index is 13.8. The molecule has 2 aliphatic rings. The second kappa shape index (κ2) is 15.9. The zero-order valence-corrected chi connectivity index (χ0v) is 28.8. The molecule has 0 radical (unpaired) electrons. The predicted octanol–water partition coefficient (Wildman–Crippen LogP) is 5.79. The Morgan fingerprint density at radius 2 is 1.77 bits per heavy atom. The summed E-state index contributed by atoms with van der Waals surface area (Å²) >= 11 is 6.33. The lowest BCUT2D eigenvalue weighted by molar-refractivity contribution is -0.165. The molecule has 2 heterocycles. The van der Waals surface area contributed by atoms with Crippen LogP contribution in [-0.2, 0) is 35.1 Å². The molecule has 2 N–H and O–H groups in total. The van der Waals surface area contributed by atoms with Gasteiger partial charge in [0.25, 0.3) is 0 Å². The summed E-state index contributed by atoms with van der Waals surface area (Å²) in [5.74, 6) is -1.27. The molecule has 6 atom stereocenters. The van der Waals surface area contributed by atoms with E-state index in [9.17, 15) is 19.2 Å². The monoisotopic (exact) mass is 666 g/mol. The average molecular weight is 667 g/mol. The maximum Gasteiger partial charge on any atom is 0.314 e. The minimum Gasteiger partial charge on any atom is -0.495 e. The molecule has 2 amide bonds. The van der Waals surface area contributed by atoms with Gasteiger partial charge >= 0.3 is 5.97 Å². The Bertz CT molecular complexity index is 1460. The van der Waals surface area contributed by atoms with E-state index in [4.69, 9.17) is 25.8 Å². The first kappa shape index (κ1) is 36.2. The van der Waals surface area contributed by atoms with Crippen LogP contribution in [0.3, 0.4) is 0 Å². The Balaban J connectivity index is 1.61. The van der Waals surface area contributed by atoms with Gasteiger partial charge in [-0.2, -0.15) is 0 Å². The van der Waals surface area contributed by atoms with E-state index in [1.54, 1.807) is 38.1 Å². The van der Waals surface area contributed by atoms with Crippen LogP contribution in [0.1, 0.15) is 71.1 Å². The van der Waals surface area contributed by atoms with Crippen LogP contribution in [0.4, 0.5) is 0 Å². The average Bonchev–Trinajstić information content (AvgIpc) is 3.83. The van der Waals surface area contributed by atoms with E-state index in [1.165, 1.54) is 13.2 Å². The van der Waals surface area contributed by atoms with Crippen LogP contribution in [0, 0.1) is 23.2 Å². The van der Waals surface area contributed by atoms with E-state index >= 15 is 0 Å². The van der Waals surface area contributed by atoms with Gasteiger partial charge in [-0.25, -0.2) is 0 Å². The van der Waals surface area contributed by atoms with Crippen molar-refractivity contribution in [3.05, 3.63) is 76.8 Å². The number of Topliss-reactive ketones (excluding diaryl/α,β-unsaturated/α-hetero) is 1. The van der Waals surface area contributed by atoms with Crippen LogP contribution in [0.25, 0.3) is 0 Å². The third kappa shape index (κ3) is 9.91. The van der Waals surface area contributed by atoms with Crippen molar-refractivity contribution in [2.45, 2.75) is 84.7 Å². The van der Waals surface area contributed by atoms with Crippen LogP contribution in [0.5, 0.6) is 5.75 Å². The summed E-state index contributed by atoms with van der Waals surface area (Å²) in [5.41, 5.74) is 0.655. The number of epoxide rings is 1. The summed E-state index contributed by atoms with van der Waals surface area (Å²) < 4.78 is 17.2. The number of ketones is 1. The van der Waals surface area contributed by atoms with Crippen LogP contribution >= 0.6 is 11.6 Å². The van der Waals surface area contributed by atoms with Crippen LogP contribution in [0.15, 0.2) is 60.7 Å². The lowest BCUT2D eigenvalue weighted by Gasteiger charge is -2.29. The third-order valence-corrected chi connectivity index (χ3v) is 9.22. The Morgan fingerprint density at radius 1 is 1.04 bits per heavy atom. The van der Waals surface area contributed by atoms with E-state index < -0.39 is 35.3 Å². The van der Waals surface area contributed by atoms with Crippen molar-refractivity contribution in [3.8, 4) is 5.75 Å². The van der Waals surface area contributed by atoms with Crippen molar-refractivity contribution in [2.24, 2.45) is 23.2 Å². The number of allylic oxidation sites excluding steroid dienone is 1. The van der Waals surface area contributed by atoms with Gasteiger partial charge in [0.2, 0.25) is 11.8 Å². The fraction of sp³-hybridized carbons (Fsp3) is 0.514. The molecule has 1 saturated heterocycles. The number of benzene rings is 2. The summed E-state index contributed by atoms with van der Waals surface area (Å²) in [6.45, 7) is 9.28. The predicted molar refractivity (Wildman–Crippen MR) is 180 cm³/mol. The molecular weight excluding hydrogens is 620 g/mol. The molecule has 1 fully saturated rings. The molecule has 0 aliphatic carbocycles. The Morgan fingerprint density at radius 3 is 2.43 bits per heavy atom.